The van der Waals surface area contributed by atoms with E-state index in [2.05, 4.69) is 5.32 Å². The van der Waals surface area contributed by atoms with Gasteiger partial charge in [0.1, 0.15) is 6.42 Å². The van der Waals surface area contributed by atoms with Crippen LogP contribution in [0.15, 0.2) is 18.2 Å². The lowest BCUT2D eigenvalue weighted by Crippen LogP contribution is -2.39. The van der Waals surface area contributed by atoms with Gasteiger partial charge in [0, 0.05) is 23.8 Å². The molecule has 1 saturated heterocycles. The largest absolute Gasteiger partial charge is 0.341 e. The van der Waals surface area contributed by atoms with E-state index >= 15 is 0 Å². The molecule has 1 aromatic carbocycles. The van der Waals surface area contributed by atoms with Gasteiger partial charge in [-0.2, -0.15) is 0 Å². The number of halogens is 1. The van der Waals surface area contributed by atoms with Gasteiger partial charge in [-0.1, -0.05) is 11.6 Å². The first-order chi connectivity index (χ1) is 10.7. The molecular formula is C15H19ClN2O4S. The predicted molar refractivity (Wildman–Crippen MR) is 89.3 cm³/mol. The summed E-state index contributed by atoms with van der Waals surface area (Å²) >= 11 is 5.85. The summed E-state index contributed by atoms with van der Waals surface area (Å²) < 4.78 is 22.9. The van der Waals surface area contributed by atoms with Crippen LogP contribution < -0.4 is 5.32 Å². The number of sulfone groups is 1. The summed E-state index contributed by atoms with van der Waals surface area (Å²) in [6.45, 7) is 1.80. The van der Waals surface area contributed by atoms with Crippen molar-refractivity contribution < 1.29 is 18.0 Å². The lowest BCUT2D eigenvalue weighted by Gasteiger charge is -2.23. The highest BCUT2D eigenvalue weighted by Gasteiger charge is 2.33. The van der Waals surface area contributed by atoms with E-state index in [-0.39, 0.29) is 24.0 Å². The Bertz CT molecular complexity index is 733. The number of benzene rings is 1. The number of nitrogens with zero attached hydrogens (tertiary/aromatic N) is 1. The molecule has 0 radical (unpaired) electrons. The highest BCUT2D eigenvalue weighted by Crippen LogP contribution is 2.20. The molecule has 2 amide bonds. The second-order valence-corrected chi connectivity index (χ2v) is 8.41. The first-order valence-corrected chi connectivity index (χ1v) is 9.40. The number of aryl methyl sites for hydroxylation is 1. The van der Waals surface area contributed by atoms with Gasteiger partial charge in [-0.05, 0) is 37.1 Å². The van der Waals surface area contributed by atoms with Crippen LogP contribution >= 0.6 is 11.6 Å². The fourth-order valence-corrected chi connectivity index (χ4v) is 4.51. The topological polar surface area (TPSA) is 83.6 Å². The minimum absolute atomic E-state index is 0.0346. The van der Waals surface area contributed by atoms with E-state index < -0.39 is 21.7 Å². The first kappa shape index (κ1) is 17.7. The van der Waals surface area contributed by atoms with Crippen LogP contribution in [0, 0.1) is 6.92 Å². The van der Waals surface area contributed by atoms with Crippen LogP contribution in [-0.4, -0.2) is 49.7 Å². The number of hydrogen-bond donors (Lipinski definition) is 1. The summed E-state index contributed by atoms with van der Waals surface area (Å²) in [7, 11) is -1.53. The van der Waals surface area contributed by atoms with Gasteiger partial charge in [0.25, 0.3) is 0 Å². The van der Waals surface area contributed by atoms with Gasteiger partial charge in [-0.15, -0.1) is 0 Å². The van der Waals surface area contributed by atoms with Crippen LogP contribution in [0.5, 0.6) is 0 Å². The quantitative estimate of drug-likeness (QED) is 0.829. The lowest BCUT2D eigenvalue weighted by atomic mass is 10.2. The van der Waals surface area contributed by atoms with Gasteiger partial charge in [-0.25, -0.2) is 8.42 Å². The van der Waals surface area contributed by atoms with E-state index in [1.165, 1.54) is 11.9 Å². The van der Waals surface area contributed by atoms with Gasteiger partial charge in [0.05, 0.1) is 11.5 Å². The summed E-state index contributed by atoms with van der Waals surface area (Å²) in [5.41, 5.74) is 1.40. The van der Waals surface area contributed by atoms with Crippen molar-refractivity contribution in [1.82, 2.24) is 4.90 Å². The van der Waals surface area contributed by atoms with Crippen molar-refractivity contribution >= 4 is 38.9 Å². The lowest BCUT2D eigenvalue weighted by molar-refractivity contribution is -0.134. The second-order valence-electron chi connectivity index (χ2n) is 5.75. The third-order valence-electron chi connectivity index (χ3n) is 3.92. The van der Waals surface area contributed by atoms with E-state index in [4.69, 9.17) is 11.6 Å². The standard InChI is InChI=1S/C15H19ClN2O4S/c1-10-7-11(16)3-4-13(10)17-14(19)8-15(20)18(2)12-5-6-23(21,22)9-12/h3-4,7,12H,5-6,8-9H2,1-2H3,(H,17,19). The molecule has 1 fully saturated rings. The van der Waals surface area contributed by atoms with Gasteiger partial charge in [0.2, 0.25) is 11.8 Å². The van der Waals surface area contributed by atoms with Crippen molar-refractivity contribution in [3.63, 3.8) is 0 Å². The monoisotopic (exact) mass is 358 g/mol. The van der Waals surface area contributed by atoms with Crippen molar-refractivity contribution in [3.05, 3.63) is 28.8 Å². The minimum Gasteiger partial charge on any atom is -0.341 e. The summed E-state index contributed by atoms with van der Waals surface area (Å²) in [6, 6.07) is 4.70. The molecule has 0 aromatic heterocycles. The molecule has 23 heavy (non-hydrogen) atoms. The molecular weight excluding hydrogens is 340 g/mol. The van der Waals surface area contributed by atoms with Gasteiger partial charge < -0.3 is 10.2 Å². The molecule has 1 aliphatic heterocycles. The number of amides is 2. The van der Waals surface area contributed by atoms with Crippen LogP contribution in [0.25, 0.3) is 0 Å². The summed E-state index contributed by atoms with van der Waals surface area (Å²) in [5, 5.41) is 3.23. The number of rotatable bonds is 4. The van der Waals surface area contributed by atoms with Crippen molar-refractivity contribution in [2.45, 2.75) is 25.8 Å². The zero-order valence-electron chi connectivity index (χ0n) is 13.0. The molecule has 6 nitrogen and oxygen atoms in total. The molecule has 1 aromatic rings. The van der Waals surface area contributed by atoms with Crippen molar-refractivity contribution in [2.75, 3.05) is 23.9 Å². The van der Waals surface area contributed by atoms with Crippen LogP contribution in [0.4, 0.5) is 5.69 Å². The third-order valence-corrected chi connectivity index (χ3v) is 5.91. The Kier molecular flexibility index (Phi) is 5.31. The molecule has 0 saturated carbocycles. The Morgan fingerprint density at radius 1 is 1.39 bits per heavy atom. The number of anilines is 1. The Morgan fingerprint density at radius 3 is 2.65 bits per heavy atom. The fraction of sp³-hybridized carbons (Fsp3) is 0.467. The number of carbonyl (C=O) groups excluding carboxylic acids is 2. The molecule has 1 heterocycles. The molecule has 1 unspecified atom stereocenters. The van der Waals surface area contributed by atoms with E-state index in [1.54, 1.807) is 25.1 Å². The first-order valence-electron chi connectivity index (χ1n) is 7.20. The average molecular weight is 359 g/mol. The van der Waals surface area contributed by atoms with Crippen molar-refractivity contribution in [1.29, 1.82) is 0 Å². The van der Waals surface area contributed by atoms with Crippen LogP contribution in [0.1, 0.15) is 18.4 Å². The highest BCUT2D eigenvalue weighted by atomic mass is 35.5. The van der Waals surface area contributed by atoms with E-state index in [0.717, 1.165) is 5.56 Å². The van der Waals surface area contributed by atoms with Gasteiger partial charge >= 0.3 is 0 Å². The Labute approximate surface area is 140 Å². The predicted octanol–water partition coefficient (Wildman–Crippen LogP) is 1.62. The van der Waals surface area contributed by atoms with Crippen molar-refractivity contribution in [2.24, 2.45) is 0 Å². The Balaban J connectivity index is 1.93. The van der Waals surface area contributed by atoms with Crippen LogP contribution in [0.3, 0.4) is 0 Å². The normalized spacial score (nSPS) is 19.3. The van der Waals surface area contributed by atoms with E-state index in [1.807, 2.05) is 0 Å². The maximum atomic E-state index is 12.1. The molecule has 0 spiro atoms. The smallest absolute Gasteiger partial charge is 0.233 e. The summed E-state index contributed by atoms with van der Waals surface area (Å²) in [5.74, 6) is -0.775. The molecule has 1 aliphatic rings. The molecule has 2 rings (SSSR count). The average Bonchev–Trinajstić information content (AvgIpc) is 2.81. The van der Waals surface area contributed by atoms with Crippen LogP contribution in [-0.2, 0) is 19.4 Å². The van der Waals surface area contributed by atoms with Crippen molar-refractivity contribution in [3.8, 4) is 0 Å². The molecule has 1 atom stereocenters. The Morgan fingerprint density at radius 2 is 2.09 bits per heavy atom. The number of carbonyl (C=O) groups is 2. The SMILES string of the molecule is Cc1cc(Cl)ccc1NC(=O)CC(=O)N(C)C1CCS(=O)(=O)C1. The third kappa shape index (κ3) is 4.68. The zero-order valence-corrected chi connectivity index (χ0v) is 14.6. The molecule has 0 aliphatic carbocycles. The Hall–Kier alpha value is -1.60. The minimum atomic E-state index is -3.07. The molecule has 0 bridgehead atoms. The molecule has 126 valence electrons. The van der Waals surface area contributed by atoms with Crippen LogP contribution in [0.2, 0.25) is 5.02 Å². The van der Waals surface area contributed by atoms with E-state index in [9.17, 15) is 18.0 Å². The van der Waals surface area contributed by atoms with E-state index in [0.29, 0.717) is 17.1 Å². The molecule has 8 heteroatoms. The maximum Gasteiger partial charge on any atom is 0.233 e. The fourth-order valence-electron chi connectivity index (χ4n) is 2.51. The van der Waals surface area contributed by atoms with Gasteiger partial charge in [-0.3, -0.25) is 9.59 Å². The maximum absolute atomic E-state index is 12.1. The van der Waals surface area contributed by atoms with Gasteiger partial charge in [0.15, 0.2) is 9.84 Å². The summed E-state index contributed by atoms with van der Waals surface area (Å²) in [4.78, 5) is 25.5. The summed E-state index contributed by atoms with van der Waals surface area (Å²) in [6.07, 6.45) is 0.0948. The highest BCUT2D eigenvalue weighted by molar-refractivity contribution is 7.91. The zero-order chi connectivity index (χ0) is 17.2. The molecule has 1 N–H and O–H groups in total. The number of hydrogen-bond acceptors (Lipinski definition) is 4. The number of nitrogens with one attached hydrogen (secondary N) is 1. The second kappa shape index (κ2) is 6.88.